The maximum Gasteiger partial charge on any atom is 0.234 e. The Labute approximate surface area is 89.0 Å². The molecule has 0 radical (unpaired) electrons. The molecule has 0 aliphatic heterocycles. The lowest BCUT2D eigenvalue weighted by Gasteiger charge is -2.06. The van der Waals surface area contributed by atoms with Crippen molar-refractivity contribution in [3.05, 3.63) is 11.7 Å². The molecule has 15 heavy (non-hydrogen) atoms. The number of nitrogens with zero attached hydrogens (tertiary/aromatic N) is 2. The van der Waals surface area contributed by atoms with Crippen LogP contribution >= 0.6 is 0 Å². The van der Waals surface area contributed by atoms with E-state index in [1.54, 1.807) is 0 Å². The van der Waals surface area contributed by atoms with E-state index in [9.17, 15) is 0 Å². The van der Waals surface area contributed by atoms with Crippen LogP contribution in [0.3, 0.4) is 0 Å². The molecule has 2 rings (SSSR count). The summed E-state index contributed by atoms with van der Waals surface area (Å²) >= 11 is 0. The van der Waals surface area contributed by atoms with Crippen molar-refractivity contribution >= 4 is 0 Å². The van der Waals surface area contributed by atoms with Gasteiger partial charge in [-0.2, -0.15) is 4.98 Å². The largest absolute Gasteiger partial charge is 0.371 e. The molecular formula is C10H17N3O2. The first-order chi connectivity index (χ1) is 7.22. The summed E-state index contributed by atoms with van der Waals surface area (Å²) in [7, 11) is 0. The smallest absolute Gasteiger partial charge is 0.234 e. The van der Waals surface area contributed by atoms with Gasteiger partial charge in [-0.1, -0.05) is 5.16 Å². The highest BCUT2D eigenvalue weighted by atomic mass is 16.5. The molecule has 1 aromatic rings. The Kier molecular flexibility index (Phi) is 2.75. The van der Waals surface area contributed by atoms with Crippen LogP contribution in [0, 0.1) is 0 Å². The average Bonchev–Trinajstić information content (AvgIpc) is 2.88. The zero-order chi connectivity index (χ0) is 10.9. The van der Waals surface area contributed by atoms with Gasteiger partial charge in [-0.25, -0.2) is 0 Å². The Morgan fingerprint density at radius 3 is 2.87 bits per heavy atom. The standard InChI is InChI=1S/C10H17N3O2/c1-3-14-7(2)8-12-9(15-13-8)10(6-11)4-5-10/h7H,3-6,11H2,1-2H3. The van der Waals surface area contributed by atoms with Crippen LogP contribution in [0.25, 0.3) is 0 Å². The molecule has 2 N–H and O–H groups in total. The summed E-state index contributed by atoms with van der Waals surface area (Å²) in [6, 6.07) is 0. The van der Waals surface area contributed by atoms with Crippen molar-refractivity contribution in [2.24, 2.45) is 5.73 Å². The number of aromatic nitrogens is 2. The summed E-state index contributed by atoms with van der Waals surface area (Å²) in [5.74, 6) is 1.29. The van der Waals surface area contributed by atoms with Crippen LogP contribution in [-0.4, -0.2) is 23.3 Å². The zero-order valence-electron chi connectivity index (χ0n) is 9.19. The Balaban J connectivity index is 2.10. The highest BCUT2D eigenvalue weighted by Crippen LogP contribution is 2.46. The van der Waals surface area contributed by atoms with Gasteiger partial charge in [0.15, 0.2) is 5.82 Å². The van der Waals surface area contributed by atoms with Crippen LogP contribution in [-0.2, 0) is 10.2 Å². The molecule has 5 heteroatoms. The van der Waals surface area contributed by atoms with Gasteiger partial charge in [0.1, 0.15) is 6.10 Å². The molecule has 0 saturated heterocycles. The topological polar surface area (TPSA) is 74.2 Å². The van der Waals surface area contributed by atoms with E-state index in [1.165, 1.54) is 0 Å². The van der Waals surface area contributed by atoms with Gasteiger partial charge in [-0.15, -0.1) is 0 Å². The summed E-state index contributed by atoms with van der Waals surface area (Å²) < 4.78 is 10.6. The second kappa shape index (κ2) is 3.90. The van der Waals surface area contributed by atoms with Gasteiger partial charge >= 0.3 is 0 Å². The minimum atomic E-state index is -0.110. The Hall–Kier alpha value is -0.940. The van der Waals surface area contributed by atoms with Crippen molar-refractivity contribution in [3.8, 4) is 0 Å². The van der Waals surface area contributed by atoms with Gasteiger partial charge in [0.2, 0.25) is 5.89 Å². The molecule has 1 aromatic heterocycles. The molecule has 84 valence electrons. The lowest BCUT2D eigenvalue weighted by molar-refractivity contribution is 0.0683. The molecule has 0 aromatic carbocycles. The Morgan fingerprint density at radius 2 is 2.33 bits per heavy atom. The van der Waals surface area contributed by atoms with Crippen LogP contribution < -0.4 is 5.73 Å². The van der Waals surface area contributed by atoms with Crippen LogP contribution in [0.2, 0.25) is 0 Å². The van der Waals surface area contributed by atoms with E-state index in [0.29, 0.717) is 24.9 Å². The molecule has 0 amide bonds. The second-order valence-electron chi connectivity index (χ2n) is 4.04. The van der Waals surface area contributed by atoms with Crippen molar-refractivity contribution < 1.29 is 9.26 Å². The van der Waals surface area contributed by atoms with Gasteiger partial charge in [0.05, 0.1) is 5.41 Å². The molecule has 0 bridgehead atoms. The highest BCUT2D eigenvalue weighted by Gasteiger charge is 2.48. The van der Waals surface area contributed by atoms with Crippen molar-refractivity contribution in [1.82, 2.24) is 10.1 Å². The van der Waals surface area contributed by atoms with Crippen LogP contribution in [0.4, 0.5) is 0 Å². The van der Waals surface area contributed by atoms with Gasteiger partial charge in [-0.05, 0) is 26.7 Å². The quantitative estimate of drug-likeness (QED) is 0.791. The number of nitrogens with two attached hydrogens (primary N) is 1. The Bertz CT molecular complexity index is 333. The zero-order valence-corrected chi connectivity index (χ0v) is 9.19. The van der Waals surface area contributed by atoms with Gasteiger partial charge in [-0.3, -0.25) is 0 Å². The summed E-state index contributed by atoms with van der Waals surface area (Å²) in [4.78, 5) is 4.35. The lowest BCUT2D eigenvalue weighted by atomic mass is 10.1. The maximum atomic E-state index is 5.69. The van der Waals surface area contributed by atoms with Crippen LogP contribution in [0.15, 0.2) is 4.52 Å². The number of ether oxygens (including phenoxy) is 1. The van der Waals surface area contributed by atoms with Crippen LogP contribution in [0.5, 0.6) is 0 Å². The van der Waals surface area contributed by atoms with E-state index in [1.807, 2.05) is 13.8 Å². The third-order valence-electron chi connectivity index (χ3n) is 2.92. The molecule has 1 unspecified atom stereocenters. The first kappa shape index (κ1) is 10.6. The molecule has 1 aliphatic carbocycles. The third kappa shape index (κ3) is 1.89. The number of hydrogen-bond acceptors (Lipinski definition) is 5. The second-order valence-corrected chi connectivity index (χ2v) is 4.04. The third-order valence-corrected chi connectivity index (χ3v) is 2.92. The van der Waals surface area contributed by atoms with Crippen molar-refractivity contribution in [1.29, 1.82) is 0 Å². The number of rotatable bonds is 5. The molecule has 1 fully saturated rings. The first-order valence-corrected chi connectivity index (χ1v) is 5.37. The van der Waals surface area contributed by atoms with E-state index in [4.69, 9.17) is 15.0 Å². The fourth-order valence-corrected chi connectivity index (χ4v) is 1.60. The minimum Gasteiger partial charge on any atom is -0.371 e. The summed E-state index contributed by atoms with van der Waals surface area (Å²) in [6.45, 7) is 5.09. The van der Waals surface area contributed by atoms with E-state index in [0.717, 1.165) is 12.8 Å². The van der Waals surface area contributed by atoms with Gasteiger partial charge < -0.3 is 15.0 Å². The SMILES string of the molecule is CCOC(C)c1noc(C2(CN)CC2)n1. The predicted octanol–water partition coefficient (Wildman–Crippen LogP) is 1.16. The average molecular weight is 211 g/mol. The van der Waals surface area contributed by atoms with Gasteiger partial charge in [0, 0.05) is 13.2 Å². The lowest BCUT2D eigenvalue weighted by Crippen LogP contribution is -2.20. The Morgan fingerprint density at radius 1 is 1.60 bits per heavy atom. The number of hydrogen-bond donors (Lipinski definition) is 1. The van der Waals surface area contributed by atoms with Crippen molar-refractivity contribution in [3.63, 3.8) is 0 Å². The molecule has 1 saturated carbocycles. The molecule has 0 spiro atoms. The molecule has 5 nitrogen and oxygen atoms in total. The van der Waals surface area contributed by atoms with Crippen LogP contribution in [0.1, 0.15) is 44.5 Å². The van der Waals surface area contributed by atoms with Crippen molar-refractivity contribution in [2.75, 3.05) is 13.2 Å². The van der Waals surface area contributed by atoms with E-state index in [-0.39, 0.29) is 11.5 Å². The van der Waals surface area contributed by atoms with E-state index >= 15 is 0 Å². The van der Waals surface area contributed by atoms with Crippen molar-refractivity contribution in [2.45, 2.75) is 38.2 Å². The monoisotopic (exact) mass is 211 g/mol. The van der Waals surface area contributed by atoms with E-state index in [2.05, 4.69) is 10.1 Å². The van der Waals surface area contributed by atoms with Gasteiger partial charge in [0.25, 0.3) is 0 Å². The normalized spacial score (nSPS) is 20.2. The maximum absolute atomic E-state index is 5.69. The summed E-state index contributed by atoms with van der Waals surface area (Å²) in [5, 5.41) is 3.92. The minimum absolute atomic E-state index is 0.0306. The molecular weight excluding hydrogens is 194 g/mol. The first-order valence-electron chi connectivity index (χ1n) is 5.37. The summed E-state index contributed by atoms with van der Waals surface area (Å²) in [6.07, 6.45) is 1.99. The molecule has 1 atom stereocenters. The fraction of sp³-hybridized carbons (Fsp3) is 0.800. The van der Waals surface area contributed by atoms with E-state index < -0.39 is 0 Å². The fourth-order valence-electron chi connectivity index (χ4n) is 1.60. The highest BCUT2D eigenvalue weighted by molar-refractivity contribution is 5.16. The molecule has 1 aliphatic rings. The molecule has 1 heterocycles. The summed E-state index contributed by atoms with van der Waals surface area (Å²) in [5.41, 5.74) is 5.66. The predicted molar refractivity (Wildman–Crippen MR) is 54.3 cm³/mol.